The van der Waals surface area contributed by atoms with Gasteiger partial charge in [0.25, 0.3) is 0 Å². The van der Waals surface area contributed by atoms with E-state index < -0.39 is 35.5 Å². The standard InChI is InChI=1S/C21H26N4O5/c1-14(2)16-13-30-20(28)25(16)18(26)17(23-24-22)21(10-6-7-11-21)19(27)29-12-15-8-4-3-5-9-15/h3-5,8-9,14,16-17H,6-7,10-13H2,1-2H3/t16-,17-/m1/s1. The van der Waals surface area contributed by atoms with Crippen LogP contribution >= 0.6 is 0 Å². The van der Waals surface area contributed by atoms with E-state index in [1.165, 1.54) is 0 Å². The van der Waals surface area contributed by atoms with Gasteiger partial charge in [-0.1, -0.05) is 62.1 Å². The van der Waals surface area contributed by atoms with Crippen LogP contribution < -0.4 is 0 Å². The van der Waals surface area contributed by atoms with E-state index in [1.807, 2.05) is 44.2 Å². The predicted molar refractivity (Wildman–Crippen MR) is 107 cm³/mol. The van der Waals surface area contributed by atoms with E-state index in [-0.39, 0.29) is 19.1 Å². The molecular weight excluding hydrogens is 388 g/mol. The maximum Gasteiger partial charge on any atom is 0.416 e. The highest BCUT2D eigenvalue weighted by atomic mass is 16.6. The van der Waals surface area contributed by atoms with E-state index in [4.69, 9.17) is 15.0 Å². The van der Waals surface area contributed by atoms with Crippen molar-refractivity contribution in [3.05, 3.63) is 46.3 Å². The number of amides is 2. The molecule has 1 heterocycles. The van der Waals surface area contributed by atoms with Gasteiger partial charge in [0, 0.05) is 4.91 Å². The third-order valence-electron chi connectivity index (χ3n) is 5.95. The zero-order valence-electron chi connectivity index (χ0n) is 17.2. The number of benzene rings is 1. The van der Waals surface area contributed by atoms with Crippen molar-refractivity contribution in [2.24, 2.45) is 16.4 Å². The SMILES string of the molecule is CC(C)[C@H]1COC(=O)N1C(=O)[C@@H](N=[N+]=[N-])C1(C(=O)OCc2ccccc2)CCCC1. The van der Waals surface area contributed by atoms with Crippen LogP contribution in [0.1, 0.15) is 45.1 Å². The number of nitrogens with zero attached hydrogens (tertiary/aromatic N) is 4. The number of hydrogen-bond donors (Lipinski definition) is 0. The summed E-state index contributed by atoms with van der Waals surface area (Å²) in [6.07, 6.45) is 1.32. The first-order valence-electron chi connectivity index (χ1n) is 10.2. The van der Waals surface area contributed by atoms with Crippen molar-refractivity contribution in [2.45, 2.75) is 58.2 Å². The fraction of sp³-hybridized carbons (Fsp3) is 0.571. The zero-order chi connectivity index (χ0) is 21.7. The molecule has 1 saturated carbocycles. The van der Waals surface area contributed by atoms with Gasteiger partial charge in [0.05, 0.1) is 11.5 Å². The maximum absolute atomic E-state index is 13.4. The minimum atomic E-state index is -1.36. The molecule has 0 N–H and O–H groups in total. The van der Waals surface area contributed by atoms with Crippen molar-refractivity contribution in [1.82, 2.24) is 4.90 Å². The fourth-order valence-corrected chi connectivity index (χ4v) is 4.22. The van der Waals surface area contributed by atoms with E-state index in [9.17, 15) is 14.4 Å². The van der Waals surface area contributed by atoms with Crippen LogP contribution in [-0.4, -0.2) is 41.6 Å². The second-order valence-electron chi connectivity index (χ2n) is 8.13. The van der Waals surface area contributed by atoms with Crippen molar-refractivity contribution >= 4 is 18.0 Å². The Balaban J connectivity index is 1.88. The lowest BCUT2D eigenvalue weighted by Crippen LogP contribution is -2.53. The monoisotopic (exact) mass is 414 g/mol. The largest absolute Gasteiger partial charge is 0.460 e. The van der Waals surface area contributed by atoms with Gasteiger partial charge in [0.2, 0.25) is 5.91 Å². The van der Waals surface area contributed by atoms with E-state index in [0.29, 0.717) is 25.7 Å². The molecule has 1 aliphatic carbocycles. The van der Waals surface area contributed by atoms with Crippen LogP contribution in [-0.2, 0) is 25.7 Å². The number of imide groups is 1. The van der Waals surface area contributed by atoms with Crippen molar-refractivity contribution < 1.29 is 23.9 Å². The third-order valence-corrected chi connectivity index (χ3v) is 5.95. The number of cyclic esters (lactones) is 1. The third kappa shape index (κ3) is 4.11. The number of ether oxygens (including phenoxy) is 2. The molecule has 9 heteroatoms. The molecular formula is C21H26N4O5. The Kier molecular flexibility index (Phi) is 6.62. The molecule has 9 nitrogen and oxygen atoms in total. The van der Waals surface area contributed by atoms with Gasteiger partial charge in [-0.3, -0.25) is 9.59 Å². The van der Waals surface area contributed by atoms with E-state index in [1.54, 1.807) is 0 Å². The Labute approximate surface area is 174 Å². The normalized spacial score (nSPS) is 21.1. The zero-order valence-corrected chi connectivity index (χ0v) is 17.2. The van der Waals surface area contributed by atoms with Gasteiger partial charge in [-0.05, 0) is 29.9 Å². The van der Waals surface area contributed by atoms with Crippen molar-refractivity contribution in [2.75, 3.05) is 6.61 Å². The molecule has 1 saturated heterocycles. The average molecular weight is 414 g/mol. The Morgan fingerprint density at radius 3 is 2.57 bits per heavy atom. The van der Waals surface area contributed by atoms with Crippen LogP contribution in [0, 0.1) is 11.3 Å². The van der Waals surface area contributed by atoms with Gasteiger partial charge in [-0.15, -0.1) is 0 Å². The topological polar surface area (TPSA) is 122 Å². The molecule has 1 aromatic rings. The van der Waals surface area contributed by atoms with Gasteiger partial charge in [-0.2, -0.15) is 0 Å². The molecule has 3 rings (SSSR count). The first-order chi connectivity index (χ1) is 14.4. The van der Waals surface area contributed by atoms with Crippen LogP contribution in [0.2, 0.25) is 0 Å². The molecule has 1 aliphatic heterocycles. The van der Waals surface area contributed by atoms with E-state index >= 15 is 0 Å². The van der Waals surface area contributed by atoms with Crippen molar-refractivity contribution in [3.8, 4) is 0 Å². The average Bonchev–Trinajstić information content (AvgIpc) is 3.38. The van der Waals surface area contributed by atoms with Crippen molar-refractivity contribution in [1.29, 1.82) is 0 Å². The minimum absolute atomic E-state index is 0.0447. The molecule has 2 atom stereocenters. The molecule has 30 heavy (non-hydrogen) atoms. The fourth-order valence-electron chi connectivity index (χ4n) is 4.22. The first-order valence-corrected chi connectivity index (χ1v) is 10.2. The molecule has 0 aromatic heterocycles. The Bertz CT molecular complexity index is 844. The summed E-state index contributed by atoms with van der Waals surface area (Å²) < 4.78 is 10.6. The molecule has 0 spiro atoms. The summed E-state index contributed by atoms with van der Waals surface area (Å²) in [6.45, 7) is 3.87. The second-order valence-corrected chi connectivity index (χ2v) is 8.13. The second kappa shape index (κ2) is 9.17. The summed E-state index contributed by atoms with van der Waals surface area (Å²) in [6, 6.07) is 7.37. The number of rotatable bonds is 7. The Morgan fingerprint density at radius 2 is 1.97 bits per heavy atom. The molecule has 0 bridgehead atoms. The van der Waals surface area contributed by atoms with Gasteiger partial charge in [-0.25, -0.2) is 9.69 Å². The first kappa shape index (κ1) is 21.6. The smallest absolute Gasteiger partial charge is 0.416 e. The van der Waals surface area contributed by atoms with E-state index in [2.05, 4.69) is 10.0 Å². The van der Waals surface area contributed by atoms with Crippen molar-refractivity contribution in [3.63, 3.8) is 0 Å². The summed E-state index contributed by atoms with van der Waals surface area (Å²) in [5, 5.41) is 3.71. The lowest BCUT2D eigenvalue weighted by molar-refractivity contribution is -0.162. The van der Waals surface area contributed by atoms with Crippen LogP contribution in [0.3, 0.4) is 0 Å². The quantitative estimate of drug-likeness (QED) is 0.289. The predicted octanol–water partition coefficient (Wildman–Crippen LogP) is 3.97. The number of azide groups is 1. The summed E-state index contributed by atoms with van der Waals surface area (Å²) >= 11 is 0. The molecule has 2 aliphatic rings. The van der Waals surface area contributed by atoms with Gasteiger partial charge < -0.3 is 9.47 Å². The highest BCUT2D eigenvalue weighted by molar-refractivity contribution is 6.00. The maximum atomic E-state index is 13.4. The summed E-state index contributed by atoms with van der Waals surface area (Å²) in [4.78, 5) is 42.7. The molecule has 1 aromatic carbocycles. The minimum Gasteiger partial charge on any atom is -0.460 e. The number of hydrogen-bond acceptors (Lipinski definition) is 6. The summed E-state index contributed by atoms with van der Waals surface area (Å²) in [7, 11) is 0. The Hall–Kier alpha value is -3.06. The van der Waals surface area contributed by atoms with E-state index in [0.717, 1.165) is 10.5 Å². The van der Waals surface area contributed by atoms with Gasteiger partial charge >= 0.3 is 12.1 Å². The molecule has 0 radical (unpaired) electrons. The van der Waals surface area contributed by atoms with Crippen LogP contribution in [0.4, 0.5) is 4.79 Å². The molecule has 2 amide bonds. The molecule has 0 unspecified atom stereocenters. The summed E-state index contributed by atoms with van der Waals surface area (Å²) in [5.41, 5.74) is 8.68. The van der Waals surface area contributed by atoms with Crippen LogP contribution in [0.25, 0.3) is 10.4 Å². The highest BCUT2D eigenvalue weighted by Crippen LogP contribution is 2.45. The Morgan fingerprint density at radius 1 is 1.30 bits per heavy atom. The van der Waals surface area contributed by atoms with Gasteiger partial charge in [0.15, 0.2) is 0 Å². The molecule has 2 fully saturated rings. The lowest BCUT2D eigenvalue weighted by Gasteiger charge is -2.34. The van der Waals surface area contributed by atoms with Crippen LogP contribution in [0.5, 0.6) is 0 Å². The summed E-state index contributed by atoms with van der Waals surface area (Å²) in [5.74, 6) is -1.33. The van der Waals surface area contributed by atoms with Crippen LogP contribution in [0.15, 0.2) is 35.4 Å². The number of esters is 1. The van der Waals surface area contributed by atoms with Gasteiger partial charge in [0.1, 0.15) is 19.3 Å². The highest BCUT2D eigenvalue weighted by Gasteiger charge is 2.55. The lowest BCUT2D eigenvalue weighted by atomic mass is 9.77. The number of carbonyl (C=O) groups excluding carboxylic acids is 3. The number of carbonyl (C=O) groups is 3. The molecule has 160 valence electrons.